The van der Waals surface area contributed by atoms with E-state index < -0.39 is 8.11 Å². The van der Waals surface area contributed by atoms with E-state index in [4.69, 9.17) is 11.1 Å². The molecule has 0 radical (unpaired) electrons. The fourth-order valence-corrected chi connectivity index (χ4v) is 2.44. The lowest BCUT2D eigenvalue weighted by molar-refractivity contribution is 0.534. The molecular weight excluding hydrogens is 292 g/mol. The Morgan fingerprint density at radius 3 is 0.762 bits per heavy atom. The van der Waals surface area contributed by atoms with Crippen molar-refractivity contribution in [2.24, 2.45) is 0 Å². The first-order valence-electron chi connectivity index (χ1n) is 9.79. The zero-order valence-electron chi connectivity index (χ0n) is 15.6. The number of unbranched alkanes of at least 4 members (excludes halogenated alkanes) is 14. The summed E-state index contributed by atoms with van der Waals surface area (Å²) < 4.78 is 0. The van der Waals surface area contributed by atoms with Crippen molar-refractivity contribution in [1.82, 2.24) is 0 Å². The van der Waals surface area contributed by atoms with Crippen molar-refractivity contribution in [1.29, 1.82) is 0 Å². The molecule has 0 saturated heterocycles. The van der Waals surface area contributed by atoms with Crippen LogP contribution in [-0.2, 0) is 0 Å². The van der Waals surface area contributed by atoms with Crippen LogP contribution in [0.4, 0.5) is 0 Å². The Kier molecular flexibility index (Phi) is 25.8. The van der Waals surface area contributed by atoms with Crippen molar-refractivity contribution in [2.75, 3.05) is 0 Å². The van der Waals surface area contributed by atoms with Crippen molar-refractivity contribution in [3.63, 3.8) is 0 Å². The van der Waals surface area contributed by atoms with Crippen LogP contribution in [0.2, 0.25) is 13.1 Å². The first-order chi connectivity index (χ1) is 10.1. The van der Waals surface area contributed by atoms with Crippen LogP contribution in [0.15, 0.2) is 0 Å². The van der Waals surface area contributed by atoms with Crippen molar-refractivity contribution in [3.8, 4) is 0 Å². The van der Waals surface area contributed by atoms with E-state index in [1.54, 1.807) is 0 Å². The molecule has 2 heteroatoms. The van der Waals surface area contributed by atoms with Gasteiger partial charge in [0.15, 0.2) is 0 Å². The zero-order chi connectivity index (χ0) is 16.2. The normalized spacial score (nSPS) is 10.6. The predicted molar refractivity (Wildman–Crippen MR) is 105 cm³/mol. The van der Waals surface area contributed by atoms with Crippen LogP contribution >= 0.6 is 11.1 Å². The van der Waals surface area contributed by atoms with Crippen molar-refractivity contribution in [3.05, 3.63) is 0 Å². The molecule has 130 valence electrons. The molecule has 0 fully saturated rings. The van der Waals surface area contributed by atoms with Crippen LogP contribution in [0.3, 0.4) is 0 Å². The standard InChI is InChI=1S/C17H36.C2H7ClSi/c1-3-5-7-9-11-13-15-17-16-14-12-10-8-6-4-2;1-4(2)3/h3-17H2,1-2H3;4H,1-2H3. The van der Waals surface area contributed by atoms with Gasteiger partial charge in [0.2, 0.25) is 0 Å². The van der Waals surface area contributed by atoms with E-state index in [1.165, 1.54) is 96.3 Å². The molecule has 0 bridgehead atoms. The van der Waals surface area contributed by atoms with Gasteiger partial charge in [-0.25, -0.2) is 0 Å². The largest absolute Gasteiger partial charge is 0.172 e. The quantitative estimate of drug-likeness (QED) is 0.171. The molecule has 0 aliphatic heterocycles. The maximum Gasteiger partial charge on any atom is 0.134 e. The molecule has 0 aromatic carbocycles. The highest BCUT2D eigenvalue weighted by molar-refractivity contribution is 7.05. The van der Waals surface area contributed by atoms with Gasteiger partial charge in [0.1, 0.15) is 8.11 Å². The highest BCUT2D eigenvalue weighted by Gasteiger charge is 1.93. The van der Waals surface area contributed by atoms with Gasteiger partial charge in [-0.15, -0.1) is 0 Å². The summed E-state index contributed by atoms with van der Waals surface area (Å²) in [5.41, 5.74) is 0. The van der Waals surface area contributed by atoms with Gasteiger partial charge in [-0.05, 0) is 0 Å². The van der Waals surface area contributed by atoms with E-state index in [-0.39, 0.29) is 0 Å². The van der Waals surface area contributed by atoms with Gasteiger partial charge < -0.3 is 0 Å². The van der Waals surface area contributed by atoms with Gasteiger partial charge >= 0.3 is 0 Å². The Morgan fingerprint density at radius 2 is 0.619 bits per heavy atom. The smallest absolute Gasteiger partial charge is 0.134 e. The molecule has 0 amide bonds. The van der Waals surface area contributed by atoms with Crippen LogP contribution in [0.5, 0.6) is 0 Å². The lowest BCUT2D eigenvalue weighted by atomic mass is 10.0. The average Bonchev–Trinajstić information content (AvgIpc) is 2.43. The fourth-order valence-electron chi connectivity index (χ4n) is 2.44. The zero-order valence-corrected chi connectivity index (χ0v) is 17.5. The number of rotatable bonds is 14. The topological polar surface area (TPSA) is 0 Å². The maximum atomic E-state index is 5.41. The maximum absolute atomic E-state index is 5.41. The lowest BCUT2D eigenvalue weighted by Gasteiger charge is -2.02. The van der Waals surface area contributed by atoms with Gasteiger partial charge in [0.05, 0.1) is 0 Å². The molecule has 0 aliphatic carbocycles. The Bertz CT molecular complexity index is 143. The molecule has 0 aromatic heterocycles. The van der Waals surface area contributed by atoms with Crippen molar-refractivity contribution >= 4 is 19.2 Å². The van der Waals surface area contributed by atoms with Crippen LogP contribution in [0.25, 0.3) is 0 Å². The van der Waals surface area contributed by atoms with Crippen molar-refractivity contribution in [2.45, 2.75) is 123 Å². The molecule has 0 saturated carbocycles. The Morgan fingerprint density at radius 1 is 0.476 bits per heavy atom. The molecule has 0 atom stereocenters. The molecule has 0 unspecified atom stereocenters. The monoisotopic (exact) mass is 334 g/mol. The molecule has 0 nitrogen and oxygen atoms in total. The lowest BCUT2D eigenvalue weighted by Crippen LogP contribution is -1.82. The molecule has 21 heavy (non-hydrogen) atoms. The second kappa shape index (κ2) is 22.8. The molecule has 0 heterocycles. The predicted octanol–water partition coefficient (Wildman–Crippen LogP) is 8.09. The summed E-state index contributed by atoms with van der Waals surface area (Å²) in [6.07, 6.45) is 21.9. The van der Waals surface area contributed by atoms with E-state index in [1.807, 2.05) is 0 Å². The van der Waals surface area contributed by atoms with Gasteiger partial charge in [-0.1, -0.05) is 123 Å². The molecular formula is C19H43ClSi. The van der Waals surface area contributed by atoms with Crippen LogP contribution in [-0.4, -0.2) is 8.11 Å². The summed E-state index contributed by atoms with van der Waals surface area (Å²) in [6, 6.07) is 0. The summed E-state index contributed by atoms with van der Waals surface area (Å²) in [7, 11) is -0.667. The Labute approximate surface area is 142 Å². The SMILES string of the molecule is CCCCCCCCCCCCCCCCC.C[SiH](C)Cl. The van der Waals surface area contributed by atoms with Crippen LogP contribution in [0, 0.1) is 0 Å². The molecule has 0 rings (SSSR count). The third-order valence-corrected chi connectivity index (χ3v) is 3.71. The average molecular weight is 335 g/mol. The minimum atomic E-state index is -0.667. The van der Waals surface area contributed by atoms with E-state index in [2.05, 4.69) is 26.9 Å². The van der Waals surface area contributed by atoms with E-state index in [9.17, 15) is 0 Å². The second-order valence-corrected chi connectivity index (χ2v) is 11.3. The van der Waals surface area contributed by atoms with E-state index in [0.717, 1.165) is 0 Å². The summed E-state index contributed by atoms with van der Waals surface area (Å²) in [5.74, 6) is 0. The first kappa shape index (κ1) is 23.8. The minimum Gasteiger partial charge on any atom is -0.172 e. The third kappa shape index (κ3) is 33.4. The molecule has 0 N–H and O–H groups in total. The van der Waals surface area contributed by atoms with Crippen LogP contribution < -0.4 is 0 Å². The summed E-state index contributed by atoms with van der Waals surface area (Å²) in [6.45, 7) is 8.73. The van der Waals surface area contributed by atoms with Crippen LogP contribution in [0.1, 0.15) is 110 Å². The Balaban J connectivity index is 0. The highest BCUT2D eigenvalue weighted by atomic mass is 35.6. The molecule has 0 aromatic rings. The number of hydrogen-bond donors (Lipinski definition) is 0. The van der Waals surface area contributed by atoms with Gasteiger partial charge in [-0.3, -0.25) is 0 Å². The number of hydrogen-bond acceptors (Lipinski definition) is 0. The summed E-state index contributed by atoms with van der Waals surface area (Å²) in [5, 5.41) is 0. The van der Waals surface area contributed by atoms with Gasteiger partial charge in [-0.2, -0.15) is 11.1 Å². The third-order valence-electron chi connectivity index (χ3n) is 3.71. The molecule has 0 spiro atoms. The van der Waals surface area contributed by atoms with Gasteiger partial charge in [0, 0.05) is 0 Å². The van der Waals surface area contributed by atoms with Crippen molar-refractivity contribution < 1.29 is 0 Å². The fraction of sp³-hybridized carbons (Fsp3) is 1.00. The number of halogens is 1. The van der Waals surface area contributed by atoms with E-state index in [0.29, 0.717) is 0 Å². The Hall–Kier alpha value is 0.507. The van der Waals surface area contributed by atoms with Gasteiger partial charge in [0.25, 0.3) is 0 Å². The van der Waals surface area contributed by atoms with E-state index >= 15 is 0 Å². The summed E-state index contributed by atoms with van der Waals surface area (Å²) >= 11 is 5.41. The molecule has 0 aliphatic rings. The highest BCUT2D eigenvalue weighted by Crippen LogP contribution is 2.13. The minimum absolute atomic E-state index is 0.667. The first-order valence-corrected chi connectivity index (χ1v) is 13.8. The summed E-state index contributed by atoms with van der Waals surface area (Å²) in [4.78, 5) is 0. The second-order valence-electron chi connectivity index (χ2n) is 6.61.